The first-order valence-electron chi connectivity index (χ1n) is 3.27. The molecule has 0 atom stereocenters. The van der Waals surface area contributed by atoms with E-state index in [1.165, 1.54) is 19.2 Å². The molecule has 80 valence electrons. The Morgan fingerprint density at radius 3 is 2.36 bits per heavy atom. The predicted octanol–water partition coefficient (Wildman–Crippen LogP) is 2.13. The average molecular weight is 304 g/mol. The number of ether oxygens (including phenoxy) is 1. The largest absolute Gasteiger partial charge is 0.494 e. The molecule has 4 nitrogen and oxygen atoms in total. The minimum atomic E-state index is -4.22. The maximum atomic E-state index is 10.8. The summed E-state index contributed by atoms with van der Waals surface area (Å²) in [5.41, 5.74) is 0. The van der Waals surface area contributed by atoms with E-state index in [1.54, 1.807) is 6.07 Å². The number of hydrogen-bond acceptors (Lipinski definition) is 3. The highest BCUT2D eigenvalue weighted by Gasteiger charge is 2.17. The number of para-hydroxylation sites is 1. The van der Waals surface area contributed by atoms with Crippen LogP contribution in [0.15, 0.2) is 27.6 Å². The fourth-order valence-electron chi connectivity index (χ4n) is 0.890. The lowest BCUT2D eigenvalue weighted by atomic mass is 10.3. The van der Waals surface area contributed by atoms with Crippen molar-refractivity contribution in [3.63, 3.8) is 0 Å². The molecule has 1 aromatic rings. The van der Waals surface area contributed by atoms with Gasteiger partial charge < -0.3 is 4.74 Å². The van der Waals surface area contributed by atoms with Crippen molar-refractivity contribution in [2.75, 3.05) is 7.11 Å². The van der Waals surface area contributed by atoms with Crippen LogP contribution in [-0.2, 0) is 10.1 Å². The molecule has 0 radical (unpaired) electrons. The third-order valence-electron chi connectivity index (χ3n) is 1.41. The number of rotatable bonds is 2. The quantitative estimate of drug-likeness (QED) is 0.850. The molecule has 0 amide bonds. The van der Waals surface area contributed by atoms with Gasteiger partial charge in [-0.05, 0) is 28.1 Å². The molecule has 0 saturated heterocycles. The normalized spacial score (nSPS) is 10.5. The number of halogens is 2. The molecule has 0 aliphatic carbocycles. The third-order valence-corrected chi connectivity index (χ3v) is 2.91. The fourth-order valence-corrected chi connectivity index (χ4v) is 2.23. The molecular formula is C7H8BrClO4S. The highest BCUT2D eigenvalue weighted by Crippen LogP contribution is 2.31. The average Bonchev–Trinajstić information content (AvgIpc) is 2.02. The van der Waals surface area contributed by atoms with Crippen LogP contribution in [-0.4, -0.2) is 20.1 Å². The summed E-state index contributed by atoms with van der Waals surface area (Å²) >= 11 is 3.10. The Labute approximate surface area is 96.6 Å². The number of hydrogen-bond donors (Lipinski definition) is 1. The van der Waals surface area contributed by atoms with Crippen LogP contribution >= 0.6 is 28.3 Å². The van der Waals surface area contributed by atoms with E-state index in [-0.39, 0.29) is 23.1 Å². The molecule has 14 heavy (non-hydrogen) atoms. The van der Waals surface area contributed by atoms with Crippen LogP contribution in [0.5, 0.6) is 5.75 Å². The molecule has 0 fully saturated rings. The van der Waals surface area contributed by atoms with Crippen LogP contribution in [0.3, 0.4) is 0 Å². The number of benzene rings is 1. The molecule has 0 aromatic heterocycles. The van der Waals surface area contributed by atoms with E-state index in [4.69, 9.17) is 9.29 Å². The van der Waals surface area contributed by atoms with E-state index in [1.807, 2.05) is 0 Å². The van der Waals surface area contributed by atoms with Crippen molar-refractivity contribution < 1.29 is 17.7 Å². The molecule has 0 saturated carbocycles. The Morgan fingerprint density at radius 2 is 2.00 bits per heavy atom. The van der Waals surface area contributed by atoms with Gasteiger partial charge >= 0.3 is 0 Å². The Balaban J connectivity index is 0.00000169. The van der Waals surface area contributed by atoms with Crippen molar-refractivity contribution in [1.82, 2.24) is 0 Å². The molecule has 0 heterocycles. The Morgan fingerprint density at radius 1 is 1.43 bits per heavy atom. The van der Waals surface area contributed by atoms with Gasteiger partial charge in [-0.1, -0.05) is 6.07 Å². The zero-order valence-electron chi connectivity index (χ0n) is 7.10. The summed E-state index contributed by atoms with van der Waals surface area (Å²) in [6.45, 7) is 0. The maximum absolute atomic E-state index is 10.8. The Bertz CT molecular complexity index is 418. The van der Waals surface area contributed by atoms with Crippen molar-refractivity contribution >= 4 is 38.5 Å². The second-order valence-electron chi connectivity index (χ2n) is 2.25. The topological polar surface area (TPSA) is 63.6 Å². The van der Waals surface area contributed by atoms with Crippen LogP contribution in [0.4, 0.5) is 0 Å². The highest BCUT2D eigenvalue weighted by molar-refractivity contribution is 9.10. The van der Waals surface area contributed by atoms with Gasteiger partial charge in [-0.2, -0.15) is 8.42 Å². The van der Waals surface area contributed by atoms with Crippen molar-refractivity contribution in [2.45, 2.75) is 4.90 Å². The molecule has 0 aliphatic heterocycles. The van der Waals surface area contributed by atoms with Gasteiger partial charge in [0.1, 0.15) is 4.90 Å². The predicted molar refractivity (Wildman–Crippen MR) is 57.8 cm³/mol. The van der Waals surface area contributed by atoms with Crippen molar-refractivity contribution in [1.29, 1.82) is 0 Å². The minimum absolute atomic E-state index is 0. The van der Waals surface area contributed by atoms with E-state index in [2.05, 4.69) is 15.9 Å². The summed E-state index contributed by atoms with van der Waals surface area (Å²) in [5, 5.41) is 0. The first-order valence-corrected chi connectivity index (χ1v) is 5.50. The van der Waals surface area contributed by atoms with Gasteiger partial charge in [0.05, 0.1) is 11.6 Å². The molecule has 1 N–H and O–H groups in total. The summed E-state index contributed by atoms with van der Waals surface area (Å²) < 4.78 is 35.7. The molecular weight excluding hydrogens is 295 g/mol. The van der Waals surface area contributed by atoms with Crippen molar-refractivity contribution in [3.05, 3.63) is 22.7 Å². The molecule has 0 aliphatic rings. The van der Waals surface area contributed by atoms with Crippen LogP contribution in [0, 0.1) is 0 Å². The Hall–Kier alpha value is -0.300. The first kappa shape index (κ1) is 13.7. The summed E-state index contributed by atoms with van der Waals surface area (Å²) in [6, 6.07) is 4.38. The van der Waals surface area contributed by atoms with Crippen molar-refractivity contribution in [3.8, 4) is 5.75 Å². The van der Waals surface area contributed by atoms with Crippen LogP contribution < -0.4 is 4.74 Å². The van der Waals surface area contributed by atoms with E-state index in [0.717, 1.165) is 0 Å². The summed E-state index contributed by atoms with van der Waals surface area (Å²) in [7, 11) is -2.89. The molecule has 1 aromatic carbocycles. The Kier molecular flexibility index (Phi) is 4.87. The molecule has 0 bridgehead atoms. The number of methoxy groups -OCH3 is 1. The van der Waals surface area contributed by atoms with E-state index in [9.17, 15) is 8.42 Å². The third kappa shape index (κ3) is 2.84. The summed E-state index contributed by atoms with van der Waals surface area (Å²) in [6.07, 6.45) is 0. The second-order valence-corrected chi connectivity index (χ2v) is 4.49. The van der Waals surface area contributed by atoms with Crippen LogP contribution in [0.25, 0.3) is 0 Å². The van der Waals surface area contributed by atoms with Gasteiger partial charge in [0.15, 0.2) is 5.75 Å². The maximum Gasteiger partial charge on any atom is 0.298 e. The lowest BCUT2D eigenvalue weighted by molar-refractivity contribution is 0.395. The van der Waals surface area contributed by atoms with Crippen molar-refractivity contribution in [2.24, 2.45) is 0 Å². The van der Waals surface area contributed by atoms with Gasteiger partial charge in [-0.25, -0.2) is 0 Å². The molecule has 0 spiro atoms. The zero-order valence-corrected chi connectivity index (χ0v) is 10.3. The van der Waals surface area contributed by atoms with Crippen LogP contribution in [0.1, 0.15) is 0 Å². The zero-order chi connectivity index (χ0) is 10.1. The molecule has 1 rings (SSSR count). The van der Waals surface area contributed by atoms with Crippen LogP contribution in [0.2, 0.25) is 0 Å². The van der Waals surface area contributed by atoms with Gasteiger partial charge in [-0.15, -0.1) is 12.4 Å². The smallest absolute Gasteiger partial charge is 0.298 e. The van der Waals surface area contributed by atoms with Gasteiger partial charge in [0, 0.05) is 0 Å². The highest BCUT2D eigenvalue weighted by atomic mass is 79.9. The fraction of sp³-hybridized carbons (Fsp3) is 0.143. The van der Waals surface area contributed by atoms with E-state index < -0.39 is 10.1 Å². The van der Waals surface area contributed by atoms with Gasteiger partial charge in [-0.3, -0.25) is 4.55 Å². The van der Waals surface area contributed by atoms with Gasteiger partial charge in [0.2, 0.25) is 0 Å². The van der Waals surface area contributed by atoms with Gasteiger partial charge in [0.25, 0.3) is 10.1 Å². The van der Waals surface area contributed by atoms with E-state index >= 15 is 0 Å². The van der Waals surface area contributed by atoms with E-state index in [0.29, 0.717) is 4.47 Å². The summed E-state index contributed by atoms with van der Waals surface area (Å²) in [4.78, 5) is -0.246. The second kappa shape index (κ2) is 4.97. The standard InChI is InChI=1S/C7H7BrO4S.ClH/c1-12-7-5(8)3-2-4-6(7)13(9,10)11;/h2-4H,1H3,(H,9,10,11);1H. The molecule has 0 unspecified atom stereocenters. The lowest BCUT2D eigenvalue weighted by Crippen LogP contribution is -2.01. The SMILES string of the molecule is COc1c(Br)cccc1S(=O)(=O)O.Cl. The molecule has 7 heteroatoms. The lowest BCUT2D eigenvalue weighted by Gasteiger charge is -2.06. The minimum Gasteiger partial charge on any atom is -0.494 e. The first-order chi connectivity index (χ1) is 5.96. The summed E-state index contributed by atoms with van der Waals surface area (Å²) in [5.74, 6) is 0.102. The monoisotopic (exact) mass is 302 g/mol.